The van der Waals surface area contributed by atoms with Crippen LogP contribution in [0.2, 0.25) is 0 Å². The highest BCUT2D eigenvalue weighted by molar-refractivity contribution is 5.92. The minimum atomic E-state index is -0.472. The lowest BCUT2D eigenvalue weighted by Crippen LogP contribution is -2.10. The van der Waals surface area contributed by atoms with Crippen molar-refractivity contribution in [1.29, 1.82) is 5.26 Å². The Labute approximate surface area is 111 Å². The summed E-state index contributed by atoms with van der Waals surface area (Å²) in [5, 5.41) is 8.85. The molecule has 0 saturated heterocycles. The summed E-state index contributed by atoms with van der Waals surface area (Å²) in [6.07, 6.45) is 0. The molecule has 0 spiro atoms. The van der Waals surface area contributed by atoms with Gasteiger partial charge in [-0.3, -0.25) is 4.79 Å². The van der Waals surface area contributed by atoms with E-state index in [1.165, 1.54) is 0 Å². The quantitative estimate of drug-likeness (QED) is 0.912. The van der Waals surface area contributed by atoms with Gasteiger partial charge in [-0.2, -0.15) is 5.26 Å². The number of primary amides is 1. The first-order chi connectivity index (χ1) is 9.10. The second kappa shape index (κ2) is 5.23. The highest BCUT2D eigenvalue weighted by atomic mass is 16.5. The first-order valence-corrected chi connectivity index (χ1v) is 5.68. The summed E-state index contributed by atoms with van der Waals surface area (Å²) in [6.45, 7) is 1.85. The SMILES string of the molecule is Cc1cc(Oc2ccc(C(N)=O)cc2)ccc1C#N. The molecule has 0 aliphatic carbocycles. The molecule has 1 amide bonds. The molecular formula is C15H12N2O2. The second-order valence-electron chi connectivity index (χ2n) is 4.08. The van der Waals surface area contributed by atoms with Crippen molar-refractivity contribution in [3.63, 3.8) is 0 Å². The molecule has 0 saturated carbocycles. The van der Waals surface area contributed by atoms with E-state index in [0.29, 0.717) is 22.6 Å². The van der Waals surface area contributed by atoms with Gasteiger partial charge in [0.25, 0.3) is 0 Å². The van der Waals surface area contributed by atoms with Crippen molar-refractivity contribution in [3.8, 4) is 17.6 Å². The van der Waals surface area contributed by atoms with E-state index in [-0.39, 0.29) is 0 Å². The van der Waals surface area contributed by atoms with Gasteiger partial charge in [0.1, 0.15) is 11.5 Å². The number of carbonyl (C=O) groups excluding carboxylic acids is 1. The molecule has 2 rings (SSSR count). The molecule has 94 valence electrons. The summed E-state index contributed by atoms with van der Waals surface area (Å²) in [5.74, 6) is 0.776. The standard InChI is InChI=1S/C15H12N2O2/c1-10-8-14(7-4-12(10)9-16)19-13-5-2-11(3-6-13)15(17)18/h2-8H,1H3,(H2,17,18). The smallest absolute Gasteiger partial charge is 0.248 e. The lowest BCUT2D eigenvalue weighted by Gasteiger charge is -2.07. The Balaban J connectivity index is 2.19. The molecule has 0 aliphatic rings. The van der Waals surface area contributed by atoms with Crippen molar-refractivity contribution in [2.75, 3.05) is 0 Å². The molecule has 0 aliphatic heterocycles. The Hall–Kier alpha value is -2.80. The number of benzene rings is 2. The van der Waals surface area contributed by atoms with E-state index in [9.17, 15) is 4.79 Å². The molecule has 0 radical (unpaired) electrons. The minimum Gasteiger partial charge on any atom is -0.457 e. The number of nitrogens with zero attached hydrogens (tertiary/aromatic N) is 1. The van der Waals surface area contributed by atoms with Crippen LogP contribution in [0.4, 0.5) is 0 Å². The number of hydrogen-bond donors (Lipinski definition) is 1. The van der Waals surface area contributed by atoms with Gasteiger partial charge in [0.05, 0.1) is 11.6 Å². The highest BCUT2D eigenvalue weighted by Crippen LogP contribution is 2.23. The molecule has 0 bridgehead atoms. The van der Waals surface area contributed by atoms with E-state index in [4.69, 9.17) is 15.7 Å². The average molecular weight is 252 g/mol. The number of hydrogen-bond acceptors (Lipinski definition) is 3. The molecule has 0 atom stereocenters. The fraction of sp³-hybridized carbons (Fsp3) is 0.0667. The van der Waals surface area contributed by atoms with Crippen LogP contribution in [0.1, 0.15) is 21.5 Å². The zero-order valence-corrected chi connectivity index (χ0v) is 10.4. The Bertz CT molecular complexity index is 655. The van der Waals surface area contributed by atoms with E-state index in [0.717, 1.165) is 5.56 Å². The Morgan fingerprint density at radius 3 is 2.32 bits per heavy atom. The number of rotatable bonds is 3. The van der Waals surface area contributed by atoms with Crippen LogP contribution in [-0.4, -0.2) is 5.91 Å². The number of nitrogens with two attached hydrogens (primary N) is 1. The van der Waals surface area contributed by atoms with Crippen molar-refractivity contribution in [1.82, 2.24) is 0 Å². The summed E-state index contributed by atoms with van der Waals surface area (Å²) >= 11 is 0. The van der Waals surface area contributed by atoms with E-state index in [2.05, 4.69) is 6.07 Å². The first kappa shape index (κ1) is 12.7. The molecule has 0 fully saturated rings. The van der Waals surface area contributed by atoms with Gasteiger partial charge >= 0.3 is 0 Å². The van der Waals surface area contributed by atoms with E-state index in [1.54, 1.807) is 42.5 Å². The number of carbonyl (C=O) groups is 1. The topological polar surface area (TPSA) is 76.1 Å². The van der Waals surface area contributed by atoms with Crippen LogP contribution in [0.25, 0.3) is 0 Å². The van der Waals surface area contributed by atoms with Gasteiger partial charge in [-0.25, -0.2) is 0 Å². The molecule has 4 heteroatoms. The maximum Gasteiger partial charge on any atom is 0.248 e. The third-order valence-electron chi connectivity index (χ3n) is 2.69. The second-order valence-corrected chi connectivity index (χ2v) is 4.08. The number of nitriles is 1. The van der Waals surface area contributed by atoms with Crippen LogP contribution in [-0.2, 0) is 0 Å². The predicted octanol–water partition coefficient (Wildman–Crippen LogP) is 2.76. The summed E-state index contributed by atoms with van der Waals surface area (Å²) in [6, 6.07) is 13.9. The Kier molecular flexibility index (Phi) is 3.48. The van der Waals surface area contributed by atoms with Crippen molar-refractivity contribution in [3.05, 3.63) is 59.2 Å². The van der Waals surface area contributed by atoms with Crippen molar-refractivity contribution >= 4 is 5.91 Å². The number of amides is 1. The van der Waals surface area contributed by atoms with Crippen molar-refractivity contribution in [2.45, 2.75) is 6.92 Å². The predicted molar refractivity (Wildman–Crippen MR) is 70.9 cm³/mol. The molecule has 0 heterocycles. The fourth-order valence-electron chi connectivity index (χ4n) is 1.65. The zero-order valence-electron chi connectivity index (χ0n) is 10.4. The third-order valence-corrected chi connectivity index (χ3v) is 2.69. The van der Waals surface area contributed by atoms with Crippen LogP contribution in [0.5, 0.6) is 11.5 Å². The van der Waals surface area contributed by atoms with E-state index in [1.807, 2.05) is 6.92 Å². The van der Waals surface area contributed by atoms with Gasteiger partial charge in [0, 0.05) is 5.56 Å². The molecule has 0 unspecified atom stereocenters. The van der Waals surface area contributed by atoms with E-state index < -0.39 is 5.91 Å². The highest BCUT2D eigenvalue weighted by Gasteiger charge is 2.03. The summed E-state index contributed by atoms with van der Waals surface area (Å²) < 4.78 is 5.63. The Morgan fingerprint density at radius 2 is 1.79 bits per heavy atom. The molecule has 0 aromatic heterocycles. The number of ether oxygens (including phenoxy) is 1. The monoisotopic (exact) mass is 252 g/mol. The van der Waals surface area contributed by atoms with Crippen LogP contribution < -0.4 is 10.5 Å². The molecule has 2 aromatic carbocycles. The first-order valence-electron chi connectivity index (χ1n) is 5.68. The maximum atomic E-state index is 10.9. The Morgan fingerprint density at radius 1 is 1.16 bits per heavy atom. The van der Waals surface area contributed by atoms with Gasteiger partial charge < -0.3 is 10.5 Å². The maximum absolute atomic E-state index is 10.9. The minimum absolute atomic E-state index is 0.434. The molecule has 19 heavy (non-hydrogen) atoms. The normalized spacial score (nSPS) is 9.68. The van der Waals surface area contributed by atoms with Gasteiger partial charge in [0.2, 0.25) is 5.91 Å². The zero-order chi connectivity index (χ0) is 13.8. The molecular weight excluding hydrogens is 240 g/mol. The van der Waals surface area contributed by atoms with Gasteiger partial charge in [0.15, 0.2) is 0 Å². The lowest BCUT2D eigenvalue weighted by molar-refractivity contribution is 0.100. The number of aryl methyl sites for hydroxylation is 1. The fourth-order valence-corrected chi connectivity index (χ4v) is 1.65. The molecule has 4 nitrogen and oxygen atoms in total. The summed E-state index contributed by atoms with van der Waals surface area (Å²) in [4.78, 5) is 10.9. The largest absolute Gasteiger partial charge is 0.457 e. The van der Waals surface area contributed by atoms with E-state index >= 15 is 0 Å². The van der Waals surface area contributed by atoms with Crippen LogP contribution in [0.15, 0.2) is 42.5 Å². The third kappa shape index (κ3) is 2.90. The lowest BCUT2D eigenvalue weighted by atomic mass is 10.1. The van der Waals surface area contributed by atoms with Crippen LogP contribution >= 0.6 is 0 Å². The van der Waals surface area contributed by atoms with Gasteiger partial charge in [-0.15, -0.1) is 0 Å². The summed E-state index contributed by atoms with van der Waals surface area (Å²) in [7, 11) is 0. The average Bonchev–Trinajstić information content (AvgIpc) is 2.39. The van der Waals surface area contributed by atoms with Crippen LogP contribution in [0, 0.1) is 18.3 Å². The van der Waals surface area contributed by atoms with Crippen molar-refractivity contribution in [2.24, 2.45) is 5.73 Å². The molecule has 2 N–H and O–H groups in total. The van der Waals surface area contributed by atoms with Gasteiger partial charge in [-0.05, 0) is 55.0 Å². The van der Waals surface area contributed by atoms with Crippen molar-refractivity contribution < 1.29 is 9.53 Å². The summed E-state index contributed by atoms with van der Waals surface area (Å²) in [5.41, 5.74) is 7.07. The van der Waals surface area contributed by atoms with Crippen LogP contribution in [0.3, 0.4) is 0 Å². The molecule has 2 aromatic rings. The van der Waals surface area contributed by atoms with Gasteiger partial charge in [-0.1, -0.05) is 0 Å².